The maximum absolute atomic E-state index is 12.9. The maximum Gasteiger partial charge on any atom is 0.339 e. The van der Waals surface area contributed by atoms with Gasteiger partial charge in [0.15, 0.2) is 11.5 Å². The van der Waals surface area contributed by atoms with Crippen molar-refractivity contribution in [1.82, 2.24) is 4.90 Å². The lowest BCUT2D eigenvalue weighted by Crippen LogP contribution is -2.32. The van der Waals surface area contributed by atoms with Crippen molar-refractivity contribution < 1.29 is 31.7 Å². The Morgan fingerprint density at radius 2 is 1.65 bits per heavy atom. The first-order valence-corrected chi connectivity index (χ1v) is 14.2. The number of carbonyl (C=O) groups excluding carboxylic acids is 2. The van der Waals surface area contributed by atoms with E-state index >= 15 is 0 Å². The summed E-state index contributed by atoms with van der Waals surface area (Å²) in [4.78, 5) is 26.7. The van der Waals surface area contributed by atoms with Gasteiger partial charge in [0.2, 0.25) is 0 Å². The minimum Gasteiger partial charge on any atom is -0.492 e. The van der Waals surface area contributed by atoms with Crippen LogP contribution in [0.4, 0.5) is 4.79 Å². The van der Waals surface area contributed by atoms with Crippen molar-refractivity contribution in [2.45, 2.75) is 11.8 Å². The first kappa shape index (κ1) is 26.8. The van der Waals surface area contributed by atoms with E-state index in [0.29, 0.717) is 15.8 Å². The Bertz CT molecular complexity index is 1430. The second-order valence-electron chi connectivity index (χ2n) is 7.61. The molecule has 1 aliphatic heterocycles. The van der Waals surface area contributed by atoms with Gasteiger partial charge in [-0.25, -0.2) is 0 Å². The third-order valence-corrected chi connectivity index (χ3v) is 7.79. The van der Waals surface area contributed by atoms with Crippen LogP contribution in [-0.4, -0.2) is 44.2 Å². The van der Waals surface area contributed by atoms with Crippen LogP contribution in [-0.2, 0) is 14.9 Å². The lowest BCUT2D eigenvalue weighted by Gasteiger charge is -2.15. The van der Waals surface area contributed by atoms with E-state index in [4.69, 9.17) is 13.7 Å². The van der Waals surface area contributed by atoms with Crippen LogP contribution in [0.3, 0.4) is 0 Å². The van der Waals surface area contributed by atoms with Crippen molar-refractivity contribution in [3.63, 3.8) is 0 Å². The first-order chi connectivity index (χ1) is 17.8. The molecule has 0 bridgehead atoms. The minimum absolute atomic E-state index is 0.00153. The molecule has 0 atom stereocenters. The number of halogens is 1. The van der Waals surface area contributed by atoms with Gasteiger partial charge >= 0.3 is 10.1 Å². The SMILES string of the molecule is CCOc1cc(/C=C2\SC(=O)N(CCOc3ccccc3)C2=O)cc(Br)c1OS(=O)(=O)c1ccccc1. The average Bonchev–Trinajstić information content (AvgIpc) is 3.15. The summed E-state index contributed by atoms with van der Waals surface area (Å²) in [5.41, 5.74) is 0.519. The molecule has 0 aliphatic carbocycles. The summed E-state index contributed by atoms with van der Waals surface area (Å²) in [6.45, 7) is 2.26. The number of hydrogen-bond acceptors (Lipinski definition) is 8. The highest BCUT2D eigenvalue weighted by atomic mass is 79.9. The van der Waals surface area contributed by atoms with E-state index in [9.17, 15) is 18.0 Å². The molecule has 1 fully saturated rings. The molecule has 1 saturated heterocycles. The number of thioether (sulfide) groups is 1. The number of imide groups is 1. The Balaban J connectivity index is 1.53. The van der Waals surface area contributed by atoms with Gasteiger partial charge in [-0.1, -0.05) is 36.4 Å². The van der Waals surface area contributed by atoms with Gasteiger partial charge in [0.1, 0.15) is 17.3 Å². The second-order valence-corrected chi connectivity index (χ2v) is 11.0. The highest BCUT2D eigenvalue weighted by molar-refractivity contribution is 9.10. The van der Waals surface area contributed by atoms with Crippen molar-refractivity contribution in [3.05, 3.63) is 87.7 Å². The Labute approximate surface area is 227 Å². The quantitative estimate of drug-likeness (QED) is 0.214. The summed E-state index contributed by atoms with van der Waals surface area (Å²) in [7, 11) is -4.11. The fourth-order valence-electron chi connectivity index (χ4n) is 3.38. The molecule has 3 aromatic carbocycles. The molecule has 1 aliphatic rings. The highest BCUT2D eigenvalue weighted by Crippen LogP contribution is 2.40. The van der Waals surface area contributed by atoms with Gasteiger partial charge in [-0.15, -0.1) is 0 Å². The van der Waals surface area contributed by atoms with Crippen LogP contribution in [0.5, 0.6) is 17.2 Å². The van der Waals surface area contributed by atoms with E-state index in [1.165, 1.54) is 12.1 Å². The van der Waals surface area contributed by atoms with Gasteiger partial charge < -0.3 is 13.7 Å². The van der Waals surface area contributed by atoms with Gasteiger partial charge in [-0.2, -0.15) is 8.42 Å². The molecule has 11 heteroatoms. The summed E-state index contributed by atoms with van der Waals surface area (Å²) in [5.74, 6) is 0.356. The molecule has 37 heavy (non-hydrogen) atoms. The smallest absolute Gasteiger partial charge is 0.339 e. The number of ether oxygens (including phenoxy) is 2. The predicted octanol–water partition coefficient (Wildman–Crippen LogP) is 5.73. The van der Waals surface area contributed by atoms with Crippen molar-refractivity contribution in [3.8, 4) is 17.2 Å². The lowest BCUT2D eigenvalue weighted by atomic mass is 10.2. The number of benzene rings is 3. The van der Waals surface area contributed by atoms with Gasteiger partial charge in [0.05, 0.1) is 22.5 Å². The van der Waals surface area contributed by atoms with E-state index in [-0.39, 0.29) is 41.1 Å². The molecule has 1 heterocycles. The van der Waals surface area contributed by atoms with Gasteiger partial charge in [-0.05, 0) is 82.7 Å². The van der Waals surface area contributed by atoms with Crippen LogP contribution < -0.4 is 13.7 Å². The standard InChI is InChI=1S/C26H22BrNO7S2/c1-2-33-22-16-18(15-21(27)24(22)35-37(31,32)20-11-7-4-8-12-20)17-23-25(29)28(26(30)36-23)13-14-34-19-9-5-3-6-10-19/h3-12,15-17H,2,13-14H2,1H3/b23-17-. The van der Waals surface area contributed by atoms with Crippen molar-refractivity contribution in [2.75, 3.05) is 19.8 Å². The normalized spacial score (nSPS) is 14.8. The number of para-hydroxylation sites is 1. The summed E-state index contributed by atoms with van der Waals surface area (Å²) in [5, 5.41) is -0.397. The topological polar surface area (TPSA) is 99.2 Å². The number of hydrogen-bond donors (Lipinski definition) is 0. The molecular weight excluding hydrogens is 582 g/mol. The lowest BCUT2D eigenvalue weighted by molar-refractivity contribution is -0.123. The summed E-state index contributed by atoms with van der Waals surface area (Å²) >= 11 is 4.17. The molecule has 0 radical (unpaired) electrons. The summed E-state index contributed by atoms with van der Waals surface area (Å²) < 4.78 is 42.4. The van der Waals surface area contributed by atoms with E-state index in [1.807, 2.05) is 18.2 Å². The molecule has 0 unspecified atom stereocenters. The Morgan fingerprint density at radius 1 is 0.973 bits per heavy atom. The molecule has 4 rings (SSSR count). The Kier molecular flexibility index (Phi) is 8.57. The summed E-state index contributed by atoms with van der Waals surface area (Å²) in [6, 6.07) is 20.0. The summed E-state index contributed by atoms with van der Waals surface area (Å²) in [6.07, 6.45) is 1.55. The minimum atomic E-state index is -4.11. The van der Waals surface area contributed by atoms with E-state index < -0.39 is 21.3 Å². The molecule has 0 aromatic heterocycles. The molecule has 2 amide bonds. The first-order valence-electron chi connectivity index (χ1n) is 11.2. The average molecular weight is 605 g/mol. The van der Waals surface area contributed by atoms with Crippen LogP contribution in [0, 0.1) is 0 Å². The van der Waals surface area contributed by atoms with E-state index in [0.717, 1.165) is 16.7 Å². The number of amides is 2. The highest BCUT2D eigenvalue weighted by Gasteiger charge is 2.35. The zero-order valence-corrected chi connectivity index (χ0v) is 22.8. The van der Waals surface area contributed by atoms with Crippen LogP contribution in [0.2, 0.25) is 0 Å². The molecule has 192 valence electrons. The van der Waals surface area contributed by atoms with Gasteiger partial charge in [-0.3, -0.25) is 14.5 Å². The molecule has 3 aromatic rings. The zero-order chi connectivity index (χ0) is 26.4. The zero-order valence-electron chi connectivity index (χ0n) is 19.6. The van der Waals surface area contributed by atoms with Crippen LogP contribution in [0.1, 0.15) is 12.5 Å². The molecular formula is C26H22BrNO7S2. The maximum atomic E-state index is 12.9. The van der Waals surface area contributed by atoms with Crippen molar-refractivity contribution >= 4 is 55.0 Å². The van der Waals surface area contributed by atoms with E-state index in [2.05, 4.69) is 15.9 Å². The number of rotatable bonds is 10. The fourth-order valence-corrected chi connectivity index (χ4v) is 5.87. The Morgan fingerprint density at radius 3 is 2.32 bits per heavy atom. The fraction of sp³-hybridized carbons (Fsp3) is 0.154. The second kappa shape index (κ2) is 11.8. The van der Waals surface area contributed by atoms with Gasteiger partial charge in [0.25, 0.3) is 11.1 Å². The predicted molar refractivity (Wildman–Crippen MR) is 144 cm³/mol. The number of nitrogens with zero attached hydrogens (tertiary/aromatic N) is 1. The number of carbonyl (C=O) groups is 2. The van der Waals surface area contributed by atoms with E-state index in [1.54, 1.807) is 55.5 Å². The monoisotopic (exact) mass is 603 g/mol. The molecule has 0 saturated carbocycles. The third-order valence-electron chi connectivity index (χ3n) is 5.05. The molecule has 8 nitrogen and oxygen atoms in total. The molecule has 0 spiro atoms. The van der Waals surface area contributed by atoms with Crippen LogP contribution in [0.25, 0.3) is 6.08 Å². The van der Waals surface area contributed by atoms with Crippen LogP contribution in [0.15, 0.2) is 87.1 Å². The van der Waals surface area contributed by atoms with Crippen molar-refractivity contribution in [2.24, 2.45) is 0 Å². The largest absolute Gasteiger partial charge is 0.492 e. The van der Waals surface area contributed by atoms with Crippen LogP contribution >= 0.6 is 27.7 Å². The third kappa shape index (κ3) is 6.54. The van der Waals surface area contributed by atoms with Crippen molar-refractivity contribution in [1.29, 1.82) is 0 Å². The Hall–Kier alpha value is -3.28. The van der Waals surface area contributed by atoms with Gasteiger partial charge in [0, 0.05) is 0 Å². The molecule has 0 N–H and O–H groups in total.